The highest BCUT2D eigenvalue weighted by Crippen LogP contribution is 2.16. The summed E-state index contributed by atoms with van der Waals surface area (Å²) in [5.74, 6) is -0.0870. The van der Waals surface area contributed by atoms with Gasteiger partial charge in [-0.15, -0.1) is 0 Å². The number of likely N-dealkylation sites (N-methyl/N-ethyl adjacent to an activating group) is 1. The predicted molar refractivity (Wildman–Crippen MR) is 87.9 cm³/mol. The topological polar surface area (TPSA) is 57.3 Å². The van der Waals surface area contributed by atoms with Crippen molar-refractivity contribution in [1.29, 1.82) is 0 Å². The average Bonchev–Trinajstić information content (AvgIpc) is 2.42. The zero-order valence-electron chi connectivity index (χ0n) is 14.1. The molecule has 0 aliphatic heterocycles. The van der Waals surface area contributed by atoms with Crippen LogP contribution in [0.5, 0.6) is 0 Å². The van der Waals surface area contributed by atoms with Crippen molar-refractivity contribution in [1.82, 2.24) is 15.2 Å². The number of nitrogens with zero attached hydrogens (tertiary/aromatic N) is 2. The Morgan fingerprint density at radius 1 is 1.38 bits per heavy atom. The summed E-state index contributed by atoms with van der Waals surface area (Å²) in [6.45, 7) is 9.63. The second-order valence-electron chi connectivity index (χ2n) is 6.19. The van der Waals surface area contributed by atoms with E-state index < -0.39 is 0 Å². The van der Waals surface area contributed by atoms with Crippen molar-refractivity contribution in [3.63, 3.8) is 0 Å². The minimum atomic E-state index is -0.0925. The third kappa shape index (κ3) is 5.01. The molecule has 0 saturated heterocycles. The monoisotopic (exact) mass is 292 g/mol. The van der Waals surface area contributed by atoms with E-state index >= 15 is 0 Å². The Bertz CT molecular complexity index is 483. The van der Waals surface area contributed by atoms with Gasteiger partial charge in [-0.25, -0.2) is 0 Å². The van der Waals surface area contributed by atoms with Crippen LogP contribution >= 0.6 is 0 Å². The Balaban J connectivity index is 2.82. The highest BCUT2D eigenvalue weighted by atomic mass is 16.1. The fraction of sp³-hybridized carbons (Fsp3) is 0.625. The maximum absolute atomic E-state index is 12.4. The molecule has 0 atom stereocenters. The number of carbonyl (C=O) groups excluding carboxylic acids is 1. The molecule has 0 fully saturated rings. The highest BCUT2D eigenvalue weighted by Gasteiger charge is 2.22. The number of hydrogen-bond donors (Lipinski definition) is 2. The van der Waals surface area contributed by atoms with Gasteiger partial charge >= 0.3 is 0 Å². The fourth-order valence-corrected chi connectivity index (χ4v) is 1.70. The maximum Gasteiger partial charge on any atom is 0.255 e. The number of amides is 1. The van der Waals surface area contributed by atoms with E-state index in [0.29, 0.717) is 12.1 Å². The van der Waals surface area contributed by atoms with Gasteiger partial charge in [0.1, 0.15) is 0 Å². The quantitative estimate of drug-likeness (QED) is 0.809. The van der Waals surface area contributed by atoms with E-state index in [1.807, 2.05) is 27.1 Å². The molecule has 21 heavy (non-hydrogen) atoms. The molecule has 0 aromatic carbocycles. The van der Waals surface area contributed by atoms with Gasteiger partial charge in [-0.2, -0.15) is 0 Å². The number of pyridine rings is 1. The van der Waals surface area contributed by atoms with Gasteiger partial charge in [0.05, 0.1) is 11.3 Å². The van der Waals surface area contributed by atoms with Crippen LogP contribution in [0.15, 0.2) is 12.3 Å². The summed E-state index contributed by atoms with van der Waals surface area (Å²) in [6, 6.07) is 1.92. The Morgan fingerprint density at radius 2 is 2.05 bits per heavy atom. The van der Waals surface area contributed by atoms with Crippen molar-refractivity contribution >= 4 is 11.6 Å². The third-order valence-electron chi connectivity index (χ3n) is 3.74. The Labute approximate surface area is 128 Å². The second-order valence-corrected chi connectivity index (χ2v) is 6.19. The van der Waals surface area contributed by atoms with Crippen LogP contribution < -0.4 is 10.6 Å². The minimum Gasteiger partial charge on any atom is -0.384 e. The largest absolute Gasteiger partial charge is 0.384 e. The molecule has 0 aliphatic carbocycles. The van der Waals surface area contributed by atoms with Crippen LogP contribution in [0.3, 0.4) is 0 Å². The first-order valence-electron chi connectivity index (χ1n) is 7.44. The van der Waals surface area contributed by atoms with Crippen LogP contribution in [0, 0.1) is 6.92 Å². The lowest BCUT2D eigenvalue weighted by atomic mass is 10.0. The Kier molecular flexibility index (Phi) is 6.15. The van der Waals surface area contributed by atoms with E-state index in [9.17, 15) is 4.79 Å². The lowest BCUT2D eigenvalue weighted by Crippen LogP contribution is -2.48. The maximum atomic E-state index is 12.4. The van der Waals surface area contributed by atoms with Gasteiger partial charge in [-0.1, -0.05) is 6.92 Å². The molecule has 1 aromatic heterocycles. The van der Waals surface area contributed by atoms with Gasteiger partial charge in [-0.05, 0) is 47.4 Å². The summed E-state index contributed by atoms with van der Waals surface area (Å²) >= 11 is 0. The van der Waals surface area contributed by atoms with Crippen LogP contribution in [0.4, 0.5) is 5.69 Å². The number of hydrogen-bond acceptors (Lipinski definition) is 4. The Morgan fingerprint density at radius 3 is 2.62 bits per heavy atom. The summed E-state index contributed by atoms with van der Waals surface area (Å²) < 4.78 is 0. The molecule has 0 radical (unpaired) electrons. The summed E-state index contributed by atoms with van der Waals surface area (Å²) in [5.41, 5.74) is 2.26. The van der Waals surface area contributed by atoms with E-state index in [1.165, 1.54) is 0 Å². The zero-order chi connectivity index (χ0) is 16.0. The van der Waals surface area contributed by atoms with Crippen LogP contribution in [0.25, 0.3) is 0 Å². The van der Waals surface area contributed by atoms with Crippen molar-refractivity contribution in [3.05, 3.63) is 23.5 Å². The first-order chi connectivity index (χ1) is 9.77. The third-order valence-corrected chi connectivity index (χ3v) is 3.74. The van der Waals surface area contributed by atoms with Gasteiger partial charge in [0.2, 0.25) is 0 Å². The van der Waals surface area contributed by atoms with Crippen molar-refractivity contribution in [3.8, 4) is 0 Å². The van der Waals surface area contributed by atoms with E-state index in [1.54, 1.807) is 6.20 Å². The van der Waals surface area contributed by atoms with Gasteiger partial charge < -0.3 is 15.5 Å². The molecule has 5 nitrogen and oxygen atoms in total. The number of anilines is 1. The minimum absolute atomic E-state index is 0.0870. The summed E-state index contributed by atoms with van der Waals surface area (Å²) in [5, 5.41) is 6.29. The first-order valence-corrected chi connectivity index (χ1v) is 7.44. The van der Waals surface area contributed by atoms with Gasteiger partial charge in [-0.3, -0.25) is 9.78 Å². The summed E-state index contributed by atoms with van der Waals surface area (Å²) in [6.07, 6.45) is 2.65. The van der Waals surface area contributed by atoms with Crippen molar-refractivity contribution < 1.29 is 4.79 Å². The molecule has 2 N–H and O–H groups in total. The molecule has 0 unspecified atom stereocenters. The second kappa shape index (κ2) is 7.41. The first kappa shape index (κ1) is 17.4. The SMILES string of the molecule is CCCNc1cc(C)ncc1C(=O)NCC(C)(C)N(C)C. The molecular formula is C16H28N4O. The van der Waals surface area contributed by atoms with Crippen molar-refractivity contribution in [2.24, 2.45) is 0 Å². The average molecular weight is 292 g/mol. The lowest BCUT2D eigenvalue weighted by Gasteiger charge is -2.32. The van der Waals surface area contributed by atoms with Gasteiger partial charge in [0.15, 0.2) is 0 Å². The number of aromatic nitrogens is 1. The molecular weight excluding hydrogens is 264 g/mol. The molecule has 1 rings (SSSR count). The molecule has 1 amide bonds. The summed E-state index contributed by atoms with van der Waals surface area (Å²) in [7, 11) is 4.02. The summed E-state index contributed by atoms with van der Waals surface area (Å²) in [4.78, 5) is 18.7. The van der Waals surface area contributed by atoms with Crippen molar-refractivity contribution in [2.45, 2.75) is 39.7 Å². The van der Waals surface area contributed by atoms with Crippen LogP contribution in [-0.2, 0) is 0 Å². The van der Waals surface area contributed by atoms with Crippen LogP contribution in [-0.4, -0.2) is 48.5 Å². The van der Waals surface area contributed by atoms with Crippen LogP contribution in [0.1, 0.15) is 43.2 Å². The van der Waals surface area contributed by atoms with Crippen LogP contribution in [0.2, 0.25) is 0 Å². The van der Waals surface area contributed by atoms with Gasteiger partial charge in [0.25, 0.3) is 5.91 Å². The number of aryl methyl sites for hydroxylation is 1. The molecule has 0 spiro atoms. The molecule has 5 heteroatoms. The van der Waals surface area contributed by atoms with Crippen molar-refractivity contribution in [2.75, 3.05) is 32.5 Å². The molecule has 0 saturated carbocycles. The predicted octanol–water partition coefficient (Wildman–Crippen LogP) is 2.28. The fourth-order valence-electron chi connectivity index (χ4n) is 1.70. The highest BCUT2D eigenvalue weighted by molar-refractivity contribution is 5.99. The van der Waals surface area contributed by atoms with E-state index in [2.05, 4.69) is 41.3 Å². The number of nitrogens with one attached hydrogen (secondary N) is 2. The number of rotatable bonds is 7. The smallest absolute Gasteiger partial charge is 0.255 e. The van der Waals surface area contributed by atoms with E-state index in [-0.39, 0.29) is 11.4 Å². The van der Waals surface area contributed by atoms with E-state index in [4.69, 9.17) is 0 Å². The lowest BCUT2D eigenvalue weighted by molar-refractivity contribution is 0.0920. The standard InChI is InChI=1S/C16H28N4O/c1-7-8-17-14-9-12(2)18-10-13(14)15(21)19-11-16(3,4)20(5)6/h9-10H,7-8,11H2,1-6H3,(H,17,18)(H,19,21). The normalized spacial score (nSPS) is 11.6. The molecule has 0 bridgehead atoms. The zero-order valence-corrected chi connectivity index (χ0v) is 14.1. The molecule has 118 valence electrons. The molecule has 1 aromatic rings. The van der Waals surface area contributed by atoms with E-state index in [0.717, 1.165) is 24.3 Å². The number of carbonyl (C=O) groups is 1. The Hall–Kier alpha value is -1.62. The molecule has 0 aliphatic rings. The van der Waals surface area contributed by atoms with Gasteiger partial charge in [0, 0.05) is 30.5 Å². The molecule has 1 heterocycles.